The summed E-state index contributed by atoms with van der Waals surface area (Å²) in [6, 6.07) is 0. The van der Waals surface area contributed by atoms with Crippen molar-refractivity contribution in [2.45, 2.75) is 38.5 Å². The monoisotopic (exact) mass is 168 g/mol. The van der Waals surface area contributed by atoms with Crippen LogP contribution in [0.3, 0.4) is 0 Å². The van der Waals surface area contributed by atoms with E-state index >= 15 is 0 Å². The maximum Gasteiger partial charge on any atom is 0.333 e. The Morgan fingerprint density at radius 2 is 1.75 bits per heavy atom. The van der Waals surface area contributed by atoms with Crippen molar-refractivity contribution >= 4 is 5.97 Å². The molecular weight excluding hydrogens is 152 g/mol. The summed E-state index contributed by atoms with van der Waals surface area (Å²) in [5, 5.41) is 0. The van der Waals surface area contributed by atoms with Crippen LogP contribution in [-0.4, -0.2) is 12.6 Å². The van der Waals surface area contributed by atoms with Crippen molar-refractivity contribution in [3.8, 4) is 0 Å². The highest BCUT2D eigenvalue weighted by Crippen LogP contribution is 2.13. The smallest absolute Gasteiger partial charge is 0.333 e. The summed E-state index contributed by atoms with van der Waals surface area (Å²) in [5.74, 6) is -0.197. The van der Waals surface area contributed by atoms with Gasteiger partial charge in [0.1, 0.15) is 0 Å². The lowest BCUT2D eigenvalue weighted by molar-refractivity contribution is -0.139. The Hall–Kier alpha value is -0.790. The van der Waals surface area contributed by atoms with Gasteiger partial charge in [-0.3, -0.25) is 0 Å². The average molecular weight is 168 g/mol. The van der Waals surface area contributed by atoms with Gasteiger partial charge in [-0.25, -0.2) is 4.79 Å². The van der Waals surface area contributed by atoms with Crippen molar-refractivity contribution in [3.63, 3.8) is 0 Å². The quantitative estimate of drug-likeness (QED) is 0.410. The van der Waals surface area contributed by atoms with Gasteiger partial charge in [-0.05, 0) is 19.3 Å². The van der Waals surface area contributed by atoms with Gasteiger partial charge >= 0.3 is 5.97 Å². The maximum absolute atomic E-state index is 11.1. The maximum atomic E-state index is 11.1. The Labute approximate surface area is 73.6 Å². The molecule has 0 saturated carbocycles. The molecular formula is C10H16O2. The zero-order valence-corrected chi connectivity index (χ0v) is 7.47. The highest BCUT2D eigenvalue weighted by Gasteiger charge is 2.08. The standard InChI is InChI=1S/C10H16O2/c1-9-7-5-3-2-4-6-8-12-10(9)11/h1-8H2. The van der Waals surface area contributed by atoms with Crippen LogP contribution in [0.4, 0.5) is 0 Å². The van der Waals surface area contributed by atoms with E-state index in [0.717, 1.165) is 19.3 Å². The van der Waals surface area contributed by atoms with Gasteiger partial charge in [-0.15, -0.1) is 0 Å². The molecule has 2 heteroatoms. The first-order valence-electron chi connectivity index (χ1n) is 4.65. The summed E-state index contributed by atoms with van der Waals surface area (Å²) < 4.78 is 4.99. The van der Waals surface area contributed by atoms with Crippen LogP contribution in [0, 0.1) is 0 Å². The van der Waals surface area contributed by atoms with Gasteiger partial charge in [0.15, 0.2) is 0 Å². The minimum Gasteiger partial charge on any atom is -0.462 e. The lowest BCUT2D eigenvalue weighted by atomic mass is 10.1. The van der Waals surface area contributed by atoms with Crippen LogP contribution in [0.25, 0.3) is 0 Å². The molecule has 0 radical (unpaired) electrons. The SMILES string of the molecule is C=C1CCCCCCCOC1=O. The van der Waals surface area contributed by atoms with E-state index in [1.807, 2.05) is 0 Å². The molecule has 1 rings (SSSR count). The average Bonchev–Trinajstić information content (AvgIpc) is 2.08. The first-order valence-corrected chi connectivity index (χ1v) is 4.65. The predicted molar refractivity (Wildman–Crippen MR) is 47.8 cm³/mol. The fourth-order valence-electron chi connectivity index (χ4n) is 1.34. The number of carbonyl (C=O) groups excluding carboxylic acids is 1. The molecule has 0 aromatic rings. The zero-order valence-electron chi connectivity index (χ0n) is 7.47. The summed E-state index contributed by atoms with van der Waals surface area (Å²) in [7, 11) is 0. The molecule has 2 nitrogen and oxygen atoms in total. The Morgan fingerprint density at radius 1 is 1.08 bits per heavy atom. The van der Waals surface area contributed by atoms with Crippen molar-refractivity contribution in [3.05, 3.63) is 12.2 Å². The third kappa shape index (κ3) is 3.07. The molecule has 0 atom stereocenters. The van der Waals surface area contributed by atoms with Gasteiger partial charge in [-0.2, -0.15) is 0 Å². The van der Waals surface area contributed by atoms with E-state index in [4.69, 9.17) is 4.74 Å². The molecule has 12 heavy (non-hydrogen) atoms. The highest BCUT2D eigenvalue weighted by atomic mass is 16.5. The van der Waals surface area contributed by atoms with Crippen LogP contribution < -0.4 is 0 Å². The summed E-state index contributed by atoms with van der Waals surface area (Å²) in [6.45, 7) is 4.26. The first kappa shape index (κ1) is 9.30. The van der Waals surface area contributed by atoms with E-state index in [9.17, 15) is 4.79 Å². The minimum atomic E-state index is -0.197. The Bertz CT molecular complexity index is 153. The Kier molecular flexibility index (Phi) is 3.85. The highest BCUT2D eigenvalue weighted by molar-refractivity contribution is 5.87. The van der Waals surface area contributed by atoms with Crippen LogP contribution in [0.5, 0.6) is 0 Å². The lowest BCUT2D eigenvalue weighted by Crippen LogP contribution is -2.09. The van der Waals surface area contributed by atoms with Crippen LogP contribution in [-0.2, 0) is 9.53 Å². The van der Waals surface area contributed by atoms with Gasteiger partial charge in [0.25, 0.3) is 0 Å². The van der Waals surface area contributed by atoms with Crippen molar-refractivity contribution < 1.29 is 9.53 Å². The first-order chi connectivity index (χ1) is 5.80. The molecule has 1 aliphatic rings. The topological polar surface area (TPSA) is 26.3 Å². The summed E-state index contributed by atoms with van der Waals surface area (Å²) in [6.07, 6.45) is 6.53. The Balaban J connectivity index is 2.36. The molecule has 0 aliphatic carbocycles. The second-order valence-electron chi connectivity index (χ2n) is 3.26. The van der Waals surface area contributed by atoms with E-state index in [0.29, 0.717) is 12.2 Å². The van der Waals surface area contributed by atoms with Crippen molar-refractivity contribution in [2.24, 2.45) is 0 Å². The minimum absolute atomic E-state index is 0.197. The molecule has 1 saturated heterocycles. The molecule has 1 aliphatic heterocycles. The zero-order chi connectivity index (χ0) is 8.81. The fourth-order valence-corrected chi connectivity index (χ4v) is 1.34. The van der Waals surface area contributed by atoms with Crippen molar-refractivity contribution in [2.75, 3.05) is 6.61 Å². The second-order valence-corrected chi connectivity index (χ2v) is 3.26. The fraction of sp³-hybridized carbons (Fsp3) is 0.700. The molecule has 0 aromatic carbocycles. The molecule has 68 valence electrons. The van der Waals surface area contributed by atoms with E-state index < -0.39 is 0 Å². The number of esters is 1. The summed E-state index contributed by atoms with van der Waals surface area (Å²) in [4.78, 5) is 11.1. The summed E-state index contributed by atoms with van der Waals surface area (Å²) >= 11 is 0. The second kappa shape index (κ2) is 4.96. The predicted octanol–water partition coefficient (Wildman–Crippen LogP) is 2.44. The number of rotatable bonds is 0. The molecule has 0 bridgehead atoms. The number of carbonyl (C=O) groups is 1. The molecule has 0 amide bonds. The third-order valence-electron chi connectivity index (χ3n) is 2.14. The van der Waals surface area contributed by atoms with E-state index in [2.05, 4.69) is 6.58 Å². The number of hydrogen-bond acceptors (Lipinski definition) is 2. The van der Waals surface area contributed by atoms with E-state index in [-0.39, 0.29) is 5.97 Å². The lowest BCUT2D eigenvalue weighted by Gasteiger charge is -2.09. The van der Waals surface area contributed by atoms with Crippen LogP contribution in [0.1, 0.15) is 38.5 Å². The van der Waals surface area contributed by atoms with E-state index in [1.54, 1.807) is 0 Å². The van der Waals surface area contributed by atoms with Gasteiger partial charge < -0.3 is 4.74 Å². The van der Waals surface area contributed by atoms with Gasteiger partial charge in [0.05, 0.1) is 6.61 Å². The van der Waals surface area contributed by atoms with Crippen LogP contribution >= 0.6 is 0 Å². The normalized spacial score (nSPS) is 21.7. The van der Waals surface area contributed by atoms with Crippen molar-refractivity contribution in [1.29, 1.82) is 0 Å². The number of ether oxygens (including phenoxy) is 1. The van der Waals surface area contributed by atoms with E-state index in [1.165, 1.54) is 19.3 Å². The van der Waals surface area contributed by atoms with Crippen molar-refractivity contribution in [1.82, 2.24) is 0 Å². The molecule has 1 fully saturated rings. The molecule has 0 spiro atoms. The Morgan fingerprint density at radius 3 is 2.58 bits per heavy atom. The molecule has 1 heterocycles. The number of hydrogen-bond donors (Lipinski definition) is 0. The molecule has 0 aromatic heterocycles. The largest absolute Gasteiger partial charge is 0.462 e. The third-order valence-corrected chi connectivity index (χ3v) is 2.14. The van der Waals surface area contributed by atoms with Crippen LogP contribution in [0.2, 0.25) is 0 Å². The van der Waals surface area contributed by atoms with Gasteiger partial charge in [-0.1, -0.05) is 25.8 Å². The molecule has 0 unspecified atom stereocenters. The number of cyclic esters (lactones) is 1. The van der Waals surface area contributed by atoms with Crippen LogP contribution in [0.15, 0.2) is 12.2 Å². The van der Waals surface area contributed by atoms with Gasteiger partial charge in [0, 0.05) is 5.57 Å². The summed E-state index contributed by atoms with van der Waals surface area (Å²) in [5.41, 5.74) is 0.636. The molecule has 0 N–H and O–H groups in total. The van der Waals surface area contributed by atoms with Gasteiger partial charge in [0.2, 0.25) is 0 Å².